The van der Waals surface area contributed by atoms with Gasteiger partial charge in [0.25, 0.3) is 0 Å². The molecular formula is C16H27N3O. The van der Waals surface area contributed by atoms with Crippen molar-refractivity contribution >= 4 is 5.82 Å². The summed E-state index contributed by atoms with van der Waals surface area (Å²) >= 11 is 0. The van der Waals surface area contributed by atoms with Crippen LogP contribution < -0.4 is 10.2 Å². The van der Waals surface area contributed by atoms with E-state index in [4.69, 9.17) is 9.72 Å². The van der Waals surface area contributed by atoms with E-state index in [0.29, 0.717) is 0 Å². The van der Waals surface area contributed by atoms with E-state index in [1.165, 1.54) is 24.0 Å². The summed E-state index contributed by atoms with van der Waals surface area (Å²) in [4.78, 5) is 7.10. The molecule has 0 bridgehead atoms. The molecule has 1 aliphatic carbocycles. The van der Waals surface area contributed by atoms with Crippen molar-refractivity contribution in [3.8, 4) is 0 Å². The lowest BCUT2D eigenvalue weighted by Crippen LogP contribution is -2.30. The molecule has 0 atom stereocenters. The lowest BCUT2D eigenvalue weighted by molar-refractivity contribution is 0.205. The maximum Gasteiger partial charge on any atom is 0.133 e. The molecule has 1 saturated carbocycles. The number of nitrogens with zero attached hydrogens (tertiary/aromatic N) is 2. The smallest absolute Gasteiger partial charge is 0.133 e. The van der Waals surface area contributed by atoms with Gasteiger partial charge in [-0.1, -0.05) is 0 Å². The average molecular weight is 277 g/mol. The molecule has 0 aromatic carbocycles. The van der Waals surface area contributed by atoms with Crippen molar-refractivity contribution in [3.05, 3.63) is 22.9 Å². The van der Waals surface area contributed by atoms with Crippen molar-refractivity contribution in [2.24, 2.45) is 0 Å². The number of likely N-dealkylation sites (N-methyl/N-ethyl adjacent to an activating group) is 1. The quantitative estimate of drug-likeness (QED) is 0.792. The van der Waals surface area contributed by atoms with E-state index < -0.39 is 0 Å². The number of methoxy groups -OCH3 is 1. The first-order valence-corrected chi connectivity index (χ1v) is 7.60. The molecule has 1 aromatic rings. The Hall–Kier alpha value is -1.13. The Bertz CT molecular complexity index is 444. The molecule has 0 amide bonds. The second-order valence-corrected chi connectivity index (χ2v) is 5.61. The number of pyridine rings is 1. The number of ether oxygens (including phenoxy) is 1. The molecule has 1 N–H and O–H groups in total. The lowest BCUT2D eigenvalue weighted by Gasteiger charge is -2.26. The van der Waals surface area contributed by atoms with Crippen molar-refractivity contribution in [2.45, 2.75) is 46.2 Å². The number of aromatic nitrogens is 1. The predicted octanol–water partition coefficient (Wildman–Crippen LogP) is 2.42. The van der Waals surface area contributed by atoms with Gasteiger partial charge in [0.1, 0.15) is 5.82 Å². The maximum atomic E-state index is 5.22. The summed E-state index contributed by atoms with van der Waals surface area (Å²) in [7, 11) is 1.75. The largest absolute Gasteiger partial charge is 0.383 e. The number of nitrogens with one attached hydrogen (secondary N) is 1. The van der Waals surface area contributed by atoms with E-state index >= 15 is 0 Å². The number of hydrogen-bond donors (Lipinski definition) is 1. The minimum absolute atomic E-state index is 0.720. The first-order valence-electron chi connectivity index (χ1n) is 7.60. The van der Waals surface area contributed by atoms with Crippen molar-refractivity contribution in [2.75, 3.05) is 31.7 Å². The van der Waals surface area contributed by atoms with Gasteiger partial charge in [-0.25, -0.2) is 4.98 Å². The summed E-state index contributed by atoms with van der Waals surface area (Å²) in [5.41, 5.74) is 3.75. The maximum absolute atomic E-state index is 5.22. The van der Waals surface area contributed by atoms with Crippen LogP contribution in [0, 0.1) is 13.8 Å². The van der Waals surface area contributed by atoms with Gasteiger partial charge in [-0.15, -0.1) is 0 Å². The zero-order valence-electron chi connectivity index (χ0n) is 13.2. The first kappa shape index (κ1) is 15.3. The molecule has 2 rings (SSSR count). The van der Waals surface area contributed by atoms with Gasteiger partial charge >= 0.3 is 0 Å². The number of aryl methyl sites for hydroxylation is 2. The monoisotopic (exact) mass is 277 g/mol. The molecule has 0 spiro atoms. The molecule has 0 radical (unpaired) electrons. The highest BCUT2D eigenvalue weighted by atomic mass is 16.5. The summed E-state index contributed by atoms with van der Waals surface area (Å²) < 4.78 is 5.22. The van der Waals surface area contributed by atoms with Crippen molar-refractivity contribution < 1.29 is 4.74 Å². The van der Waals surface area contributed by atoms with Crippen LogP contribution in [0.2, 0.25) is 0 Å². The van der Waals surface area contributed by atoms with E-state index in [1.54, 1.807) is 7.11 Å². The van der Waals surface area contributed by atoms with Crippen LogP contribution in [-0.2, 0) is 11.3 Å². The van der Waals surface area contributed by atoms with Crippen LogP contribution in [0.4, 0.5) is 5.82 Å². The molecule has 1 fully saturated rings. The fourth-order valence-corrected chi connectivity index (χ4v) is 2.47. The first-order chi connectivity index (χ1) is 9.65. The third kappa shape index (κ3) is 3.93. The molecule has 20 heavy (non-hydrogen) atoms. The highest BCUT2D eigenvalue weighted by molar-refractivity contribution is 5.51. The zero-order valence-corrected chi connectivity index (χ0v) is 13.2. The highest BCUT2D eigenvalue weighted by Gasteiger charge is 2.22. The van der Waals surface area contributed by atoms with Gasteiger partial charge < -0.3 is 15.0 Å². The van der Waals surface area contributed by atoms with Gasteiger partial charge in [0.2, 0.25) is 0 Å². The Kier molecular flexibility index (Phi) is 5.38. The Morgan fingerprint density at radius 3 is 2.75 bits per heavy atom. The molecule has 1 aromatic heterocycles. The van der Waals surface area contributed by atoms with Crippen molar-refractivity contribution in [3.63, 3.8) is 0 Å². The summed E-state index contributed by atoms with van der Waals surface area (Å²) in [6.07, 6.45) is 2.63. The van der Waals surface area contributed by atoms with Gasteiger partial charge in [-0.3, -0.25) is 0 Å². The summed E-state index contributed by atoms with van der Waals surface area (Å²) in [5.74, 6) is 1.12. The number of hydrogen-bond acceptors (Lipinski definition) is 4. The molecule has 4 heteroatoms. The predicted molar refractivity (Wildman–Crippen MR) is 83.3 cm³/mol. The van der Waals surface area contributed by atoms with E-state index in [-0.39, 0.29) is 0 Å². The van der Waals surface area contributed by atoms with E-state index in [2.05, 4.69) is 37.1 Å². The second-order valence-electron chi connectivity index (χ2n) is 5.61. The van der Waals surface area contributed by atoms with E-state index in [9.17, 15) is 0 Å². The fourth-order valence-electron chi connectivity index (χ4n) is 2.47. The summed E-state index contributed by atoms with van der Waals surface area (Å²) in [5, 5.41) is 3.61. The van der Waals surface area contributed by atoms with Crippen LogP contribution in [0.1, 0.15) is 36.6 Å². The molecule has 0 aliphatic heterocycles. The summed E-state index contributed by atoms with van der Waals surface area (Å²) in [6.45, 7) is 9.92. The van der Waals surface area contributed by atoms with Crippen molar-refractivity contribution in [1.82, 2.24) is 10.3 Å². The Labute approximate surface area is 122 Å². The Morgan fingerprint density at radius 1 is 1.40 bits per heavy atom. The average Bonchev–Trinajstić information content (AvgIpc) is 3.22. The minimum atomic E-state index is 0.720. The van der Waals surface area contributed by atoms with Crippen LogP contribution in [0.15, 0.2) is 6.07 Å². The number of rotatable bonds is 8. The second kappa shape index (κ2) is 7.04. The van der Waals surface area contributed by atoms with Gasteiger partial charge in [0.05, 0.1) is 6.61 Å². The molecular weight excluding hydrogens is 250 g/mol. The van der Waals surface area contributed by atoms with Gasteiger partial charge in [0.15, 0.2) is 0 Å². The van der Waals surface area contributed by atoms with Crippen molar-refractivity contribution in [1.29, 1.82) is 0 Å². The third-order valence-corrected chi connectivity index (χ3v) is 3.85. The van der Waals surface area contributed by atoms with Gasteiger partial charge in [-0.2, -0.15) is 0 Å². The number of anilines is 1. The molecule has 0 unspecified atom stereocenters. The minimum Gasteiger partial charge on any atom is -0.383 e. The van der Waals surface area contributed by atoms with Gasteiger partial charge in [0, 0.05) is 44.0 Å². The van der Waals surface area contributed by atoms with Crippen LogP contribution in [0.25, 0.3) is 0 Å². The summed E-state index contributed by atoms with van der Waals surface area (Å²) in [6, 6.07) is 2.90. The van der Waals surface area contributed by atoms with Crippen LogP contribution in [0.5, 0.6) is 0 Å². The SMILES string of the molecule is CCN(CCOC)c1nc(C)cc(C)c1CNC1CC1. The van der Waals surface area contributed by atoms with E-state index in [0.717, 1.165) is 43.8 Å². The standard InChI is InChI=1S/C16H27N3O/c1-5-19(8-9-20-4)16-15(11-17-14-6-7-14)12(2)10-13(3)18-16/h10,14,17H,5-9,11H2,1-4H3. The molecule has 1 heterocycles. The fraction of sp³-hybridized carbons (Fsp3) is 0.688. The van der Waals surface area contributed by atoms with Crippen LogP contribution in [0.3, 0.4) is 0 Å². The zero-order chi connectivity index (χ0) is 14.5. The Balaban J connectivity index is 2.21. The molecule has 4 nitrogen and oxygen atoms in total. The molecule has 0 saturated heterocycles. The normalized spacial score (nSPS) is 14.6. The molecule has 1 aliphatic rings. The van der Waals surface area contributed by atoms with E-state index in [1.807, 2.05) is 0 Å². The van der Waals surface area contributed by atoms with Gasteiger partial charge in [-0.05, 0) is 45.2 Å². The third-order valence-electron chi connectivity index (χ3n) is 3.85. The highest BCUT2D eigenvalue weighted by Crippen LogP contribution is 2.25. The topological polar surface area (TPSA) is 37.4 Å². The lowest BCUT2D eigenvalue weighted by atomic mass is 10.1. The van der Waals surface area contributed by atoms with Crippen LogP contribution in [-0.4, -0.2) is 37.8 Å². The van der Waals surface area contributed by atoms with Crippen LogP contribution >= 0.6 is 0 Å². The molecule has 112 valence electrons. The Morgan fingerprint density at radius 2 is 2.15 bits per heavy atom.